The summed E-state index contributed by atoms with van der Waals surface area (Å²) in [6, 6.07) is 0. The molecule has 14 heavy (non-hydrogen) atoms. The summed E-state index contributed by atoms with van der Waals surface area (Å²) >= 11 is 13.1. The second kappa shape index (κ2) is 4.25. The zero-order chi connectivity index (χ0) is 11.2. The minimum Gasteiger partial charge on any atom is -0.284 e. The summed E-state index contributed by atoms with van der Waals surface area (Å²) in [5, 5.41) is 0. The molecule has 1 aliphatic rings. The second-order valence-corrected chi connectivity index (χ2v) is 11.4. The molecule has 2 atom stereocenters. The Hall–Kier alpha value is 1.83. The van der Waals surface area contributed by atoms with Crippen LogP contribution in [0.2, 0.25) is 0 Å². The van der Waals surface area contributed by atoms with E-state index < -0.39 is 17.0 Å². The summed E-state index contributed by atoms with van der Waals surface area (Å²) in [5.41, 5.74) is 0. The first-order valence-electron chi connectivity index (χ1n) is 3.81. The van der Waals surface area contributed by atoms with Gasteiger partial charge < -0.3 is 0 Å². The third kappa shape index (κ3) is 2.11. The molecule has 0 bridgehead atoms. The highest BCUT2D eigenvalue weighted by Crippen LogP contribution is 2.57. The molecule has 84 valence electrons. The van der Waals surface area contributed by atoms with Crippen molar-refractivity contribution < 1.29 is 13.0 Å². The van der Waals surface area contributed by atoms with Gasteiger partial charge in [0, 0.05) is 4.83 Å². The van der Waals surface area contributed by atoms with E-state index in [2.05, 4.69) is 63.7 Å². The fourth-order valence-corrected chi connectivity index (χ4v) is 6.09. The summed E-state index contributed by atoms with van der Waals surface area (Å²) in [7, 11) is -4.17. The maximum Gasteiger partial charge on any atom is 0.283 e. The SMILES string of the molecule is O=S(=O)(O)C1(Br)CCCC(Br)C1(Br)Br. The van der Waals surface area contributed by atoms with Gasteiger partial charge in [-0.25, -0.2) is 0 Å². The summed E-state index contributed by atoms with van der Waals surface area (Å²) in [6.07, 6.45) is 1.91. The lowest BCUT2D eigenvalue weighted by atomic mass is 9.99. The molecule has 8 heteroatoms. The lowest BCUT2D eigenvalue weighted by molar-refractivity contribution is 0.418. The van der Waals surface area contributed by atoms with Gasteiger partial charge in [-0.05, 0) is 19.3 Å². The molecule has 0 radical (unpaired) electrons. The molecule has 0 aliphatic heterocycles. The van der Waals surface area contributed by atoms with Crippen molar-refractivity contribution in [2.24, 2.45) is 0 Å². The number of hydrogen-bond acceptors (Lipinski definition) is 2. The minimum atomic E-state index is -4.17. The van der Waals surface area contributed by atoms with Crippen LogP contribution in [0.3, 0.4) is 0 Å². The van der Waals surface area contributed by atoms with Gasteiger partial charge in [-0.3, -0.25) is 4.55 Å². The summed E-state index contributed by atoms with van der Waals surface area (Å²) in [6.45, 7) is 0. The Bertz CT molecular complexity index is 328. The van der Waals surface area contributed by atoms with Gasteiger partial charge in [-0.2, -0.15) is 8.42 Å². The standard InChI is InChI=1S/C6H8Br4O3S/c7-4-2-1-3-5(8,6(4,9)10)14(11,12)13/h4H,1-3H2,(H,11,12,13). The first-order chi connectivity index (χ1) is 6.13. The fraction of sp³-hybridized carbons (Fsp3) is 1.00. The highest BCUT2D eigenvalue weighted by atomic mass is 79.9. The summed E-state index contributed by atoms with van der Waals surface area (Å²) in [5.74, 6) is 0. The minimum absolute atomic E-state index is 0.0787. The first-order valence-corrected chi connectivity index (χ1v) is 8.54. The molecular weight excluding hydrogens is 472 g/mol. The van der Waals surface area contributed by atoms with Crippen LogP contribution in [-0.4, -0.2) is 24.7 Å². The molecule has 0 aromatic carbocycles. The van der Waals surface area contributed by atoms with Crippen molar-refractivity contribution >= 4 is 73.8 Å². The molecule has 3 nitrogen and oxygen atoms in total. The third-order valence-corrected chi connectivity index (χ3v) is 12.3. The monoisotopic (exact) mass is 476 g/mol. The summed E-state index contributed by atoms with van der Waals surface area (Å²) in [4.78, 5) is -0.0787. The molecule has 1 N–H and O–H groups in total. The smallest absolute Gasteiger partial charge is 0.283 e. The van der Waals surface area contributed by atoms with E-state index in [4.69, 9.17) is 0 Å². The molecule has 2 unspecified atom stereocenters. The molecule has 1 fully saturated rings. The molecule has 0 aromatic heterocycles. The average Bonchev–Trinajstić information content (AvgIpc) is 1.98. The van der Waals surface area contributed by atoms with Crippen molar-refractivity contribution in [3.63, 3.8) is 0 Å². The van der Waals surface area contributed by atoms with E-state index in [-0.39, 0.29) is 4.83 Å². The van der Waals surface area contributed by atoms with Crippen molar-refractivity contribution in [2.75, 3.05) is 0 Å². The topological polar surface area (TPSA) is 54.4 Å². The van der Waals surface area contributed by atoms with Crippen LogP contribution in [0, 0.1) is 0 Å². The van der Waals surface area contributed by atoms with Crippen LogP contribution < -0.4 is 0 Å². The number of rotatable bonds is 1. The van der Waals surface area contributed by atoms with Crippen molar-refractivity contribution in [3.8, 4) is 0 Å². The molecule has 0 heterocycles. The van der Waals surface area contributed by atoms with Crippen LogP contribution in [0.5, 0.6) is 0 Å². The summed E-state index contributed by atoms with van der Waals surface area (Å²) < 4.78 is 29.5. The molecule has 0 amide bonds. The van der Waals surface area contributed by atoms with E-state index >= 15 is 0 Å². The number of hydrogen-bond donors (Lipinski definition) is 1. The maximum atomic E-state index is 11.3. The third-order valence-electron chi connectivity index (χ3n) is 2.26. The molecular formula is C6H8Br4O3S. The average molecular weight is 480 g/mol. The number of alkyl halides is 4. The van der Waals surface area contributed by atoms with Crippen LogP contribution in [0.1, 0.15) is 19.3 Å². The Balaban J connectivity index is 3.21. The molecule has 1 rings (SSSR count). The molecule has 1 aliphatic carbocycles. The lowest BCUT2D eigenvalue weighted by Gasteiger charge is -2.43. The molecule has 1 saturated carbocycles. The predicted molar refractivity (Wildman–Crippen MR) is 70.4 cm³/mol. The van der Waals surface area contributed by atoms with Crippen molar-refractivity contribution in [3.05, 3.63) is 0 Å². The van der Waals surface area contributed by atoms with Crippen LogP contribution in [0.15, 0.2) is 0 Å². The Labute approximate surface area is 117 Å². The van der Waals surface area contributed by atoms with Gasteiger partial charge in [0.1, 0.15) is 3.23 Å². The zero-order valence-corrected chi connectivity index (χ0v) is 14.0. The van der Waals surface area contributed by atoms with E-state index in [1.807, 2.05) is 0 Å². The van der Waals surface area contributed by atoms with Gasteiger partial charge in [-0.15, -0.1) is 0 Å². The van der Waals surface area contributed by atoms with E-state index in [0.717, 1.165) is 12.8 Å². The van der Waals surface area contributed by atoms with E-state index in [9.17, 15) is 13.0 Å². The van der Waals surface area contributed by atoms with Gasteiger partial charge in [-0.1, -0.05) is 63.7 Å². The molecule has 0 aromatic rings. The van der Waals surface area contributed by atoms with E-state index in [1.165, 1.54) is 0 Å². The van der Waals surface area contributed by atoms with Crippen molar-refractivity contribution in [2.45, 2.75) is 31.0 Å². The Kier molecular flexibility index (Phi) is 4.22. The van der Waals surface area contributed by atoms with E-state index in [0.29, 0.717) is 6.42 Å². The quantitative estimate of drug-likeness (QED) is 0.463. The van der Waals surface area contributed by atoms with Crippen molar-refractivity contribution in [1.29, 1.82) is 0 Å². The normalized spacial score (nSPS) is 38.2. The van der Waals surface area contributed by atoms with Crippen LogP contribution in [0.4, 0.5) is 0 Å². The Morgan fingerprint density at radius 3 is 2.14 bits per heavy atom. The lowest BCUT2D eigenvalue weighted by Crippen LogP contribution is -2.54. The van der Waals surface area contributed by atoms with E-state index in [1.54, 1.807) is 0 Å². The molecule has 0 saturated heterocycles. The molecule has 0 spiro atoms. The van der Waals surface area contributed by atoms with Gasteiger partial charge in [0.25, 0.3) is 10.1 Å². The fourth-order valence-electron chi connectivity index (χ4n) is 1.39. The van der Waals surface area contributed by atoms with Crippen LogP contribution >= 0.6 is 63.7 Å². The predicted octanol–water partition coefficient (Wildman–Crippen LogP) is 3.40. The Morgan fingerprint density at radius 1 is 1.29 bits per heavy atom. The van der Waals surface area contributed by atoms with Crippen LogP contribution in [0.25, 0.3) is 0 Å². The maximum absolute atomic E-state index is 11.3. The largest absolute Gasteiger partial charge is 0.284 e. The van der Waals surface area contributed by atoms with Crippen LogP contribution in [-0.2, 0) is 10.1 Å². The zero-order valence-electron chi connectivity index (χ0n) is 6.88. The van der Waals surface area contributed by atoms with Gasteiger partial charge in [0.05, 0.1) is 0 Å². The van der Waals surface area contributed by atoms with Crippen molar-refractivity contribution in [1.82, 2.24) is 0 Å². The number of halogens is 4. The first kappa shape index (κ1) is 13.9. The highest BCUT2D eigenvalue weighted by molar-refractivity contribution is 9.27. The van der Waals surface area contributed by atoms with Gasteiger partial charge in [0.15, 0.2) is 3.66 Å². The highest BCUT2D eigenvalue weighted by Gasteiger charge is 2.60. The Morgan fingerprint density at radius 2 is 1.79 bits per heavy atom. The second-order valence-electron chi connectivity index (χ2n) is 3.19. The van der Waals surface area contributed by atoms with Gasteiger partial charge in [0.2, 0.25) is 0 Å². The van der Waals surface area contributed by atoms with Gasteiger partial charge >= 0.3 is 0 Å².